The minimum absolute atomic E-state index is 1.05. The van der Waals surface area contributed by atoms with Gasteiger partial charge in [-0.05, 0) is 19.8 Å². The highest BCUT2D eigenvalue weighted by Crippen LogP contribution is 1.99. The monoisotopic (exact) mass is 169 g/mol. The molecule has 0 aromatic rings. The van der Waals surface area contributed by atoms with Crippen LogP contribution < -0.4 is 0 Å². The van der Waals surface area contributed by atoms with Gasteiger partial charge in [0, 0.05) is 12.3 Å². The van der Waals surface area contributed by atoms with Crippen LogP contribution in [0, 0.1) is 0 Å². The Labute approximate surface area is 77.3 Å². The van der Waals surface area contributed by atoms with Gasteiger partial charge in [0.15, 0.2) is 0 Å². The van der Waals surface area contributed by atoms with Crippen molar-refractivity contribution >= 4 is 5.71 Å². The molecule has 0 atom stereocenters. The molecule has 0 aromatic carbocycles. The lowest BCUT2D eigenvalue weighted by Gasteiger charge is -1.98. The van der Waals surface area contributed by atoms with Crippen molar-refractivity contribution in [3.63, 3.8) is 0 Å². The summed E-state index contributed by atoms with van der Waals surface area (Å²) in [6, 6.07) is 0. The molecule has 1 nitrogen and oxygen atoms in total. The second-order valence-corrected chi connectivity index (χ2v) is 3.43. The van der Waals surface area contributed by atoms with E-state index in [0.29, 0.717) is 0 Å². The van der Waals surface area contributed by atoms with E-state index in [1.165, 1.54) is 44.2 Å². The van der Waals surface area contributed by atoms with Crippen molar-refractivity contribution in [1.82, 2.24) is 0 Å². The summed E-state index contributed by atoms with van der Waals surface area (Å²) in [4.78, 5) is 4.50. The van der Waals surface area contributed by atoms with E-state index in [0.717, 1.165) is 6.54 Å². The SMILES string of the molecule is CCCCCCN=C(C)CCC. The van der Waals surface area contributed by atoms with Crippen LogP contribution in [0.1, 0.15) is 59.3 Å². The fraction of sp³-hybridized carbons (Fsp3) is 0.909. The Kier molecular flexibility index (Phi) is 8.52. The van der Waals surface area contributed by atoms with E-state index >= 15 is 0 Å². The van der Waals surface area contributed by atoms with E-state index in [-0.39, 0.29) is 0 Å². The molecule has 0 rings (SSSR count). The van der Waals surface area contributed by atoms with E-state index in [4.69, 9.17) is 0 Å². The maximum Gasteiger partial charge on any atom is 0.0388 e. The van der Waals surface area contributed by atoms with Gasteiger partial charge in [-0.2, -0.15) is 0 Å². The molecule has 0 aliphatic carbocycles. The van der Waals surface area contributed by atoms with Crippen molar-refractivity contribution < 1.29 is 0 Å². The number of unbranched alkanes of at least 4 members (excludes halogenated alkanes) is 3. The van der Waals surface area contributed by atoms with Crippen LogP contribution in [0.15, 0.2) is 4.99 Å². The standard InChI is InChI=1S/C11H23N/c1-4-6-7-8-10-12-11(3)9-5-2/h4-10H2,1-3H3. The van der Waals surface area contributed by atoms with E-state index < -0.39 is 0 Å². The summed E-state index contributed by atoms with van der Waals surface area (Å²) in [7, 11) is 0. The van der Waals surface area contributed by atoms with Gasteiger partial charge in [-0.25, -0.2) is 0 Å². The first-order valence-electron chi connectivity index (χ1n) is 5.31. The fourth-order valence-electron chi connectivity index (χ4n) is 1.25. The van der Waals surface area contributed by atoms with Crippen LogP contribution in [0.5, 0.6) is 0 Å². The summed E-state index contributed by atoms with van der Waals surface area (Å²) < 4.78 is 0. The van der Waals surface area contributed by atoms with Gasteiger partial charge >= 0.3 is 0 Å². The molecular weight excluding hydrogens is 146 g/mol. The van der Waals surface area contributed by atoms with Gasteiger partial charge in [0.05, 0.1) is 0 Å². The van der Waals surface area contributed by atoms with Crippen LogP contribution in [0.2, 0.25) is 0 Å². The zero-order valence-electron chi connectivity index (χ0n) is 8.90. The summed E-state index contributed by atoms with van der Waals surface area (Å²) in [6.45, 7) is 7.64. The molecule has 72 valence electrons. The smallest absolute Gasteiger partial charge is 0.0388 e. The lowest BCUT2D eigenvalue weighted by Crippen LogP contribution is -1.92. The normalized spacial score (nSPS) is 12.1. The molecule has 0 fully saturated rings. The summed E-state index contributed by atoms with van der Waals surface area (Å²) in [5.41, 5.74) is 1.33. The molecule has 0 radical (unpaired) electrons. The highest BCUT2D eigenvalue weighted by atomic mass is 14.7. The maximum absolute atomic E-state index is 4.50. The van der Waals surface area contributed by atoms with Gasteiger partial charge in [-0.15, -0.1) is 0 Å². The Morgan fingerprint density at radius 1 is 1.00 bits per heavy atom. The molecule has 0 bridgehead atoms. The number of aliphatic imine (C=N–C) groups is 1. The fourth-order valence-corrected chi connectivity index (χ4v) is 1.25. The lowest BCUT2D eigenvalue weighted by atomic mass is 10.2. The highest BCUT2D eigenvalue weighted by Gasteiger charge is 1.89. The lowest BCUT2D eigenvalue weighted by molar-refractivity contribution is 0.674. The number of hydrogen-bond donors (Lipinski definition) is 0. The predicted octanol–water partition coefficient (Wildman–Crippen LogP) is 3.83. The van der Waals surface area contributed by atoms with Gasteiger partial charge in [0.1, 0.15) is 0 Å². The van der Waals surface area contributed by atoms with Gasteiger partial charge in [0.2, 0.25) is 0 Å². The molecule has 0 heterocycles. The van der Waals surface area contributed by atoms with Gasteiger partial charge in [-0.1, -0.05) is 39.5 Å². The molecule has 0 amide bonds. The Balaban J connectivity index is 3.21. The predicted molar refractivity (Wildman–Crippen MR) is 57.0 cm³/mol. The zero-order valence-corrected chi connectivity index (χ0v) is 8.90. The van der Waals surface area contributed by atoms with Crippen molar-refractivity contribution in [2.75, 3.05) is 6.54 Å². The summed E-state index contributed by atoms with van der Waals surface area (Å²) in [5, 5.41) is 0. The molecule has 0 saturated heterocycles. The van der Waals surface area contributed by atoms with Crippen LogP contribution in [0.25, 0.3) is 0 Å². The van der Waals surface area contributed by atoms with Crippen molar-refractivity contribution in [1.29, 1.82) is 0 Å². The second-order valence-electron chi connectivity index (χ2n) is 3.43. The minimum Gasteiger partial charge on any atom is -0.294 e. The third-order valence-electron chi connectivity index (χ3n) is 2.01. The van der Waals surface area contributed by atoms with Gasteiger partial charge in [-0.3, -0.25) is 4.99 Å². The second kappa shape index (κ2) is 8.76. The zero-order chi connectivity index (χ0) is 9.23. The van der Waals surface area contributed by atoms with Crippen LogP contribution >= 0.6 is 0 Å². The third-order valence-corrected chi connectivity index (χ3v) is 2.01. The minimum atomic E-state index is 1.05. The number of rotatable bonds is 7. The van der Waals surface area contributed by atoms with Crippen LogP contribution in [-0.2, 0) is 0 Å². The maximum atomic E-state index is 4.50. The Morgan fingerprint density at radius 2 is 1.75 bits per heavy atom. The summed E-state index contributed by atoms with van der Waals surface area (Å²) >= 11 is 0. The number of nitrogens with zero attached hydrogens (tertiary/aromatic N) is 1. The van der Waals surface area contributed by atoms with E-state index in [2.05, 4.69) is 25.8 Å². The molecular formula is C11H23N. The van der Waals surface area contributed by atoms with Gasteiger partial charge < -0.3 is 0 Å². The average molecular weight is 169 g/mol. The van der Waals surface area contributed by atoms with E-state index in [1.54, 1.807) is 0 Å². The summed E-state index contributed by atoms with van der Waals surface area (Å²) in [6.07, 6.45) is 7.70. The summed E-state index contributed by atoms with van der Waals surface area (Å²) in [5.74, 6) is 0. The molecule has 0 unspecified atom stereocenters. The van der Waals surface area contributed by atoms with Gasteiger partial charge in [0.25, 0.3) is 0 Å². The quantitative estimate of drug-likeness (QED) is 0.406. The Hall–Kier alpha value is -0.330. The highest BCUT2D eigenvalue weighted by molar-refractivity contribution is 5.81. The number of hydrogen-bond acceptors (Lipinski definition) is 1. The third kappa shape index (κ3) is 7.77. The Bertz CT molecular complexity index is 116. The molecule has 0 N–H and O–H groups in total. The molecule has 0 spiro atoms. The molecule has 1 heteroatoms. The Morgan fingerprint density at radius 3 is 2.33 bits per heavy atom. The first kappa shape index (κ1) is 11.7. The molecule has 0 aliphatic rings. The van der Waals surface area contributed by atoms with Crippen molar-refractivity contribution in [3.05, 3.63) is 0 Å². The van der Waals surface area contributed by atoms with Crippen LogP contribution in [0.4, 0.5) is 0 Å². The average Bonchev–Trinajstić information content (AvgIpc) is 2.05. The van der Waals surface area contributed by atoms with Crippen molar-refractivity contribution in [2.24, 2.45) is 4.99 Å². The van der Waals surface area contributed by atoms with Crippen molar-refractivity contribution in [2.45, 2.75) is 59.3 Å². The molecule has 0 aromatic heterocycles. The van der Waals surface area contributed by atoms with Crippen LogP contribution in [0.3, 0.4) is 0 Å². The van der Waals surface area contributed by atoms with E-state index in [1.807, 2.05) is 0 Å². The first-order chi connectivity index (χ1) is 5.81. The molecule has 12 heavy (non-hydrogen) atoms. The molecule has 0 aliphatic heterocycles. The largest absolute Gasteiger partial charge is 0.294 e. The topological polar surface area (TPSA) is 12.4 Å². The first-order valence-corrected chi connectivity index (χ1v) is 5.31. The molecule has 0 saturated carbocycles. The van der Waals surface area contributed by atoms with Crippen molar-refractivity contribution in [3.8, 4) is 0 Å². The van der Waals surface area contributed by atoms with Crippen LogP contribution in [-0.4, -0.2) is 12.3 Å². The van der Waals surface area contributed by atoms with E-state index in [9.17, 15) is 0 Å².